The Morgan fingerprint density at radius 1 is 1.54 bits per heavy atom. The van der Waals surface area contributed by atoms with Gasteiger partial charge in [0.2, 0.25) is 5.91 Å². The van der Waals surface area contributed by atoms with Gasteiger partial charge in [0, 0.05) is 12.5 Å². The maximum atomic E-state index is 10.6. The summed E-state index contributed by atoms with van der Waals surface area (Å²) in [5.41, 5.74) is 11.0. The van der Waals surface area contributed by atoms with Crippen LogP contribution in [0.4, 0.5) is 0 Å². The van der Waals surface area contributed by atoms with Gasteiger partial charge in [0.1, 0.15) is 0 Å². The molecule has 4 heteroatoms. The molecule has 0 bridgehead atoms. The Kier molecular flexibility index (Phi) is 3.69. The van der Waals surface area contributed by atoms with Crippen LogP contribution < -0.4 is 11.5 Å². The Hall–Kier alpha value is -0.610. The summed E-state index contributed by atoms with van der Waals surface area (Å²) >= 11 is 0. The Morgan fingerprint density at radius 2 is 2.08 bits per heavy atom. The van der Waals surface area contributed by atoms with E-state index in [2.05, 4.69) is 11.9 Å². The lowest BCUT2D eigenvalue weighted by Gasteiger charge is -2.32. The number of likely N-dealkylation sites (tertiary alicyclic amines) is 1. The predicted octanol–water partition coefficient (Wildman–Crippen LogP) is -0.469. The quantitative estimate of drug-likeness (QED) is 0.624. The van der Waals surface area contributed by atoms with Crippen LogP contribution in [0.15, 0.2) is 0 Å². The lowest BCUT2D eigenvalue weighted by Crippen LogP contribution is -2.41. The molecule has 1 unspecified atom stereocenters. The van der Waals surface area contributed by atoms with Crippen LogP contribution in [-0.2, 0) is 4.79 Å². The zero-order valence-electron chi connectivity index (χ0n) is 8.20. The van der Waals surface area contributed by atoms with Crippen molar-refractivity contribution < 1.29 is 4.79 Å². The molecule has 0 aromatic carbocycles. The molecule has 1 atom stereocenters. The summed E-state index contributed by atoms with van der Waals surface area (Å²) in [6, 6.07) is -0.0359. The van der Waals surface area contributed by atoms with E-state index < -0.39 is 0 Å². The average molecular weight is 185 g/mol. The van der Waals surface area contributed by atoms with Gasteiger partial charge in [-0.25, -0.2) is 0 Å². The number of carbonyl (C=O) groups is 1. The Bertz CT molecular complexity index is 176. The number of hydrogen-bond acceptors (Lipinski definition) is 3. The Balaban J connectivity index is 2.31. The van der Waals surface area contributed by atoms with E-state index in [4.69, 9.17) is 11.5 Å². The zero-order chi connectivity index (χ0) is 9.84. The van der Waals surface area contributed by atoms with Gasteiger partial charge in [-0.05, 0) is 38.9 Å². The maximum Gasteiger partial charge on any atom is 0.218 e. The van der Waals surface area contributed by atoms with Gasteiger partial charge >= 0.3 is 0 Å². The van der Waals surface area contributed by atoms with Crippen LogP contribution in [0.3, 0.4) is 0 Å². The second-order valence-electron chi connectivity index (χ2n) is 3.97. The number of rotatable bonds is 3. The van der Waals surface area contributed by atoms with Crippen molar-refractivity contribution in [2.75, 3.05) is 20.1 Å². The molecule has 0 radical (unpaired) electrons. The van der Waals surface area contributed by atoms with Crippen molar-refractivity contribution in [3.8, 4) is 0 Å². The van der Waals surface area contributed by atoms with Crippen LogP contribution in [0.5, 0.6) is 0 Å². The van der Waals surface area contributed by atoms with Crippen molar-refractivity contribution in [2.45, 2.75) is 25.3 Å². The molecule has 0 aliphatic carbocycles. The van der Waals surface area contributed by atoms with Crippen LogP contribution >= 0.6 is 0 Å². The van der Waals surface area contributed by atoms with Gasteiger partial charge in [-0.2, -0.15) is 0 Å². The van der Waals surface area contributed by atoms with Crippen LogP contribution in [0.1, 0.15) is 19.3 Å². The monoisotopic (exact) mass is 185 g/mol. The van der Waals surface area contributed by atoms with Crippen LogP contribution in [-0.4, -0.2) is 37.0 Å². The van der Waals surface area contributed by atoms with Crippen LogP contribution in [0, 0.1) is 5.92 Å². The number of nitrogens with zero attached hydrogens (tertiary/aromatic N) is 1. The molecule has 0 aromatic rings. The largest absolute Gasteiger partial charge is 0.370 e. The van der Waals surface area contributed by atoms with Crippen LogP contribution in [0.25, 0.3) is 0 Å². The first-order valence-corrected chi connectivity index (χ1v) is 4.82. The molecule has 1 fully saturated rings. The highest BCUT2D eigenvalue weighted by Gasteiger charge is 2.23. The third-order valence-corrected chi connectivity index (χ3v) is 2.81. The average Bonchev–Trinajstić information content (AvgIpc) is 2.04. The van der Waals surface area contributed by atoms with Crippen molar-refractivity contribution in [1.82, 2.24) is 4.90 Å². The van der Waals surface area contributed by atoms with E-state index in [1.807, 2.05) is 0 Å². The number of primary amides is 1. The highest BCUT2D eigenvalue weighted by molar-refractivity contribution is 5.74. The molecule has 1 saturated heterocycles. The van der Waals surface area contributed by atoms with Gasteiger partial charge in [0.05, 0.1) is 0 Å². The fourth-order valence-corrected chi connectivity index (χ4v) is 1.86. The minimum Gasteiger partial charge on any atom is -0.370 e. The van der Waals surface area contributed by atoms with Crippen molar-refractivity contribution in [2.24, 2.45) is 17.4 Å². The third-order valence-electron chi connectivity index (χ3n) is 2.81. The zero-order valence-corrected chi connectivity index (χ0v) is 8.20. The van der Waals surface area contributed by atoms with Gasteiger partial charge < -0.3 is 16.4 Å². The van der Waals surface area contributed by atoms with Crippen molar-refractivity contribution in [1.29, 1.82) is 0 Å². The minimum atomic E-state index is -0.286. The predicted molar refractivity (Wildman–Crippen MR) is 52.0 cm³/mol. The highest BCUT2D eigenvalue weighted by atomic mass is 16.1. The standard InChI is InChI=1S/C9H19N3O/c1-12-4-2-7(3-5-12)8(10)6-9(11)13/h7-8H,2-6,10H2,1H3,(H2,11,13). The summed E-state index contributed by atoms with van der Waals surface area (Å²) in [6.07, 6.45) is 2.50. The Morgan fingerprint density at radius 3 is 2.54 bits per heavy atom. The normalized spacial score (nSPS) is 22.9. The number of amides is 1. The van der Waals surface area contributed by atoms with E-state index in [0.29, 0.717) is 12.3 Å². The molecule has 76 valence electrons. The van der Waals surface area contributed by atoms with E-state index in [1.54, 1.807) is 0 Å². The summed E-state index contributed by atoms with van der Waals surface area (Å²) in [5.74, 6) is 0.190. The summed E-state index contributed by atoms with van der Waals surface area (Å²) in [6.45, 7) is 2.16. The topological polar surface area (TPSA) is 72.3 Å². The van der Waals surface area contributed by atoms with E-state index >= 15 is 0 Å². The fraction of sp³-hybridized carbons (Fsp3) is 0.889. The van der Waals surface area contributed by atoms with E-state index in [9.17, 15) is 4.79 Å². The first-order valence-electron chi connectivity index (χ1n) is 4.82. The molecular formula is C9H19N3O. The molecule has 1 amide bonds. The smallest absolute Gasteiger partial charge is 0.218 e. The van der Waals surface area contributed by atoms with Gasteiger partial charge in [0.15, 0.2) is 0 Å². The van der Waals surface area contributed by atoms with Gasteiger partial charge in [-0.15, -0.1) is 0 Å². The number of nitrogens with two attached hydrogens (primary N) is 2. The molecular weight excluding hydrogens is 166 g/mol. The molecule has 1 heterocycles. The van der Waals surface area contributed by atoms with Gasteiger partial charge in [0.25, 0.3) is 0 Å². The second kappa shape index (κ2) is 4.58. The Labute approximate surface area is 79.3 Å². The molecule has 1 aliphatic heterocycles. The lowest BCUT2D eigenvalue weighted by molar-refractivity contribution is -0.118. The molecule has 4 nitrogen and oxygen atoms in total. The first kappa shape index (κ1) is 10.5. The van der Waals surface area contributed by atoms with E-state index in [1.165, 1.54) is 0 Å². The van der Waals surface area contributed by atoms with Crippen molar-refractivity contribution in [3.05, 3.63) is 0 Å². The number of carbonyl (C=O) groups excluding carboxylic acids is 1. The third kappa shape index (κ3) is 3.32. The summed E-state index contributed by atoms with van der Waals surface area (Å²) in [5, 5.41) is 0. The second-order valence-corrected chi connectivity index (χ2v) is 3.97. The number of hydrogen-bond donors (Lipinski definition) is 2. The lowest BCUT2D eigenvalue weighted by atomic mass is 9.88. The fourth-order valence-electron chi connectivity index (χ4n) is 1.86. The number of piperidine rings is 1. The summed E-state index contributed by atoms with van der Waals surface area (Å²) < 4.78 is 0. The van der Waals surface area contributed by atoms with E-state index in [-0.39, 0.29) is 11.9 Å². The first-order chi connectivity index (χ1) is 6.09. The highest BCUT2D eigenvalue weighted by Crippen LogP contribution is 2.19. The molecule has 1 rings (SSSR count). The summed E-state index contributed by atoms with van der Waals surface area (Å²) in [4.78, 5) is 12.9. The van der Waals surface area contributed by atoms with Gasteiger partial charge in [-0.3, -0.25) is 4.79 Å². The van der Waals surface area contributed by atoms with Crippen molar-refractivity contribution >= 4 is 5.91 Å². The molecule has 0 saturated carbocycles. The van der Waals surface area contributed by atoms with Crippen molar-refractivity contribution in [3.63, 3.8) is 0 Å². The molecule has 13 heavy (non-hydrogen) atoms. The molecule has 0 aromatic heterocycles. The molecule has 4 N–H and O–H groups in total. The van der Waals surface area contributed by atoms with Crippen LogP contribution in [0.2, 0.25) is 0 Å². The molecule has 1 aliphatic rings. The SMILES string of the molecule is CN1CCC(C(N)CC(N)=O)CC1. The van der Waals surface area contributed by atoms with E-state index in [0.717, 1.165) is 25.9 Å². The van der Waals surface area contributed by atoms with Gasteiger partial charge in [-0.1, -0.05) is 0 Å². The summed E-state index contributed by atoms with van der Waals surface area (Å²) in [7, 11) is 2.11. The maximum absolute atomic E-state index is 10.6. The molecule has 0 spiro atoms. The minimum absolute atomic E-state index is 0.0359.